The fourth-order valence-electron chi connectivity index (χ4n) is 2.14. The van der Waals surface area contributed by atoms with E-state index in [2.05, 4.69) is 15.0 Å². The zero-order valence-corrected chi connectivity index (χ0v) is 12.6. The van der Waals surface area contributed by atoms with E-state index in [9.17, 15) is 14.4 Å². The highest BCUT2D eigenvalue weighted by Crippen LogP contribution is 2.18. The number of fused-ring (bicyclic) bond motifs is 1. The van der Waals surface area contributed by atoms with E-state index in [-0.39, 0.29) is 22.6 Å². The lowest BCUT2D eigenvalue weighted by Crippen LogP contribution is -2.13. The predicted molar refractivity (Wildman–Crippen MR) is 86.0 cm³/mol. The van der Waals surface area contributed by atoms with Gasteiger partial charge in [-0.1, -0.05) is 0 Å². The van der Waals surface area contributed by atoms with E-state index in [1.807, 2.05) is 0 Å². The molecule has 0 saturated carbocycles. The minimum atomic E-state index is -0.732. The van der Waals surface area contributed by atoms with Crippen molar-refractivity contribution in [2.75, 3.05) is 12.4 Å². The number of pyridine rings is 1. The Morgan fingerprint density at radius 3 is 2.58 bits per heavy atom. The molecule has 0 fully saturated rings. The second kappa shape index (κ2) is 6.33. The Hall–Kier alpha value is -3.48. The van der Waals surface area contributed by atoms with Gasteiger partial charge in [-0.25, -0.2) is 4.79 Å². The van der Waals surface area contributed by atoms with Crippen molar-refractivity contribution in [1.29, 1.82) is 0 Å². The number of hydrogen-bond donors (Lipinski definition) is 1. The molecular weight excluding hydrogens is 312 g/mol. The maximum absolute atomic E-state index is 12.1. The number of carbonyl (C=O) groups is 2. The molecular formula is C17H12N2O5. The third kappa shape index (κ3) is 3.00. The number of methoxy groups -OCH3 is 1. The molecule has 24 heavy (non-hydrogen) atoms. The lowest BCUT2D eigenvalue weighted by Gasteiger charge is -2.06. The molecule has 1 amide bonds. The summed E-state index contributed by atoms with van der Waals surface area (Å²) in [4.78, 5) is 39.6. The number of amides is 1. The van der Waals surface area contributed by atoms with Crippen LogP contribution in [0.2, 0.25) is 0 Å². The molecule has 2 heterocycles. The molecule has 0 aliphatic heterocycles. The van der Waals surface area contributed by atoms with Crippen molar-refractivity contribution in [3.05, 3.63) is 70.3 Å². The van der Waals surface area contributed by atoms with Gasteiger partial charge >= 0.3 is 5.97 Å². The second-order valence-electron chi connectivity index (χ2n) is 4.87. The van der Waals surface area contributed by atoms with E-state index in [4.69, 9.17) is 4.42 Å². The second-order valence-corrected chi connectivity index (χ2v) is 4.87. The molecule has 0 atom stereocenters. The zero-order valence-electron chi connectivity index (χ0n) is 12.6. The van der Waals surface area contributed by atoms with Gasteiger partial charge in [0.15, 0.2) is 5.43 Å². The minimum Gasteiger partial charge on any atom is -0.463 e. The van der Waals surface area contributed by atoms with Crippen LogP contribution in [0.25, 0.3) is 11.0 Å². The molecule has 7 heteroatoms. The van der Waals surface area contributed by atoms with Gasteiger partial charge in [-0.15, -0.1) is 0 Å². The van der Waals surface area contributed by atoms with Crippen LogP contribution in [-0.2, 0) is 4.74 Å². The topological polar surface area (TPSA) is 98.5 Å². The highest BCUT2D eigenvalue weighted by atomic mass is 16.5. The Morgan fingerprint density at radius 2 is 1.88 bits per heavy atom. The summed E-state index contributed by atoms with van der Waals surface area (Å²) in [6.07, 6.45) is 3.02. The number of esters is 1. The highest BCUT2D eigenvalue weighted by Gasteiger charge is 2.13. The Bertz CT molecular complexity index is 979. The molecule has 0 spiro atoms. The number of aromatic nitrogens is 1. The number of hydrogen-bond acceptors (Lipinski definition) is 6. The molecule has 0 unspecified atom stereocenters. The number of nitrogens with zero attached hydrogens (tertiary/aromatic N) is 1. The molecule has 0 aliphatic rings. The lowest BCUT2D eigenvalue weighted by molar-refractivity contribution is 0.0565. The molecule has 0 saturated heterocycles. The summed E-state index contributed by atoms with van der Waals surface area (Å²) in [5, 5.41) is 2.93. The van der Waals surface area contributed by atoms with Crippen LogP contribution in [0, 0.1) is 0 Å². The third-order valence-electron chi connectivity index (χ3n) is 3.31. The molecule has 2 aromatic heterocycles. The monoisotopic (exact) mass is 324 g/mol. The molecule has 3 aromatic rings. The molecule has 0 bridgehead atoms. The molecule has 7 nitrogen and oxygen atoms in total. The first-order valence-corrected chi connectivity index (χ1v) is 6.96. The van der Waals surface area contributed by atoms with E-state index in [1.165, 1.54) is 31.6 Å². The maximum Gasteiger partial charge on any atom is 0.374 e. The highest BCUT2D eigenvalue weighted by molar-refractivity contribution is 6.05. The van der Waals surface area contributed by atoms with Crippen molar-refractivity contribution in [3.63, 3.8) is 0 Å². The van der Waals surface area contributed by atoms with Gasteiger partial charge in [0.25, 0.3) is 5.91 Å². The number of ether oxygens (including phenoxy) is 1. The quantitative estimate of drug-likeness (QED) is 0.742. The number of rotatable bonds is 3. The Morgan fingerprint density at radius 1 is 1.12 bits per heavy atom. The first kappa shape index (κ1) is 15.4. The summed E-state index contributed by atoms with van der Waals surface area (Å²) in [6.45, 7) is 0. The average molecular weight is 324 g/mol. The van der Waals surface area contributed by atoms with Gasteiger partial charge in [0.2, 0.25) is 5.76 Å². The van der Waals surface area contributed by atoms with Gasteiger partial charge in [-0.2, -0.15) is 0 Å². The van der Waals surface area contributed by atoms with Crippen LogP contribution in [0.1, 0.15) is 20.9 Å². The van der Waals surface area contributed by atoms with Crippen molar-refractivity contribution in [1.82, 2.24) is 4.98 Å². The first-order chi connectivity index (χ1) is 11.6. The fraction of sp³-hybridized carbons (Fsp3) is 0.0588. The van der Waals surface area contributed by atoms with Crippen molar-refractivity contribution < 1.29 is 18.7 Å². The summed E-state index contributed by atoms with van der Waals surface area (Å²) in [7, 11) is 1.20. The van der Waals surface area contributed by atoms with Crippen LogP contribution in [0.4, 0.5) is 5.69 Å². The van der Waals surface area contributed by atoms with Crippen molar-refractivity contribution in [3.8, 4) is 0 Å². The van der Waals surface area contributed by atoms with Gasteiger partial charge in [-0.3, -0.25) is 14.6 Å². The summed E-state index contributed by atoms with van der Waals surface area (Å²) in [5.41, 5.74) is 0.696. The number of nitrogens with one attached hydrogen (secondary N) is 1. The third-order valence-corrected chi connectivity index (χ3v) is 3.31. The Kier molecular flexibility index (Phi) is 4.07. The van der Waals surface area contributed by atoms with Gasteiger partial charge in [-0.05, 0) is 30.3 Å². The van der Waals surface area contributed by atoms with Crippen LogP contribution in [0.15, 0.2) is 58.0 Å². The van der Waals surface area contributed by atoms with E-state index in [1.54, 1.807) is 18.2 Å². The van der Waals surface area contributed by atoms with Crippen LogP contribution in [-0.4, -0.2) is 24.0 Å². The average Bonchev–Trinajstić information content (AvgIpc) is 2.62. The standard InChI is InChI=1S/C17H12N2O5/c1-23-17(22)15-9-13(20)12-8-11(2-3-14(12)24-15)19-16(21)10-4-6-18-7-5-10/h2-9H,1H3,(H,19,21). The van der Waals surface area contributed by atoms with Gasteiger partial charge < -0.3 is 14.5 Å². The Balaban J connectivity index is 1.94. The van der Waals surface area contributed by atoms with E-state index >= 15 is 0 Å². The molecule has 1 aromatic carbocycles. The van der Waals surface area contributed by atoms with E-state index in [0.29, 0.717) is 11.3 Å². The maximum atomic E-state index is 12.1. The van der Waals surface area contributed by atoms with Crippen LogP contribution in [0.5, 0.6) is 0 Å². The summed E-state index contributed by atoms with van der Waals surface area (Å²) < 4.78 is 9.88. The van der Waals surface area contributed by atoms with Crippen molar-refractivity contribution in [2.45, 2.75) is 0 Å². The van der Waals surface area contributed by atoms with Gasteiger partial charge in [0, 0.05) is 29.7 Å². The lowest BCUT2D eigenvalue weighted by atomic mass is 10.2. The SMILES string of the molecule is COC(=O)c1cc(=O)c2cc(NC(=O)c3ccncc3)ccc2o1. The zero-order chi connectivity index (χ0) is 17.1. The Labute approximate surface area is 135 Å². The van der Waals surface area contributed by atoms with Crippen molar-refractivity contribution >= 4 is 28.5 Å². The first-order valence-electron chi connectivity index (χ1n) is 6.96. The molecule has 0 aliphatic carbocycles. The number of anilines is 1. The molecule has 3 rings (SSSR count). The van der Waals surface area contributed by atoms with Crippen LogP contribution >= 0.6 is 0 Å². The summed E-state index contributed by atoms with van der Waals surface area (Å²) in [5.74, 6) is -1.24. The van der Waals surface area contributed by atoms with E-state index < -0.39 is 11.4 Å². The molecule has 120 valence electrons. The van der Waals surface area contributed by atoms with Gasteiger partial charge in [0.05, 0.1) is 12.5 Å². The van der Waals surface area contributed by atoms with E-state index in [0.717, 1.165) is 6.07 Å². The largest absolute Gasteiger partial charge is 0.463 e. The molecule has 1 N–H and O–H groups in total. The normalized spacial score (nSPS) is 10.4. The summed E-state index contributed by atoms with van der Waals surface area (Å²) in [6, 6.07) is 8.78. The van der Waals surface area contributed by atoms with Crippen molar-refractivity contribution in [2.24, 2.45) is 0 Å². The fourth-order valence-corrected chi connectivity index (χ4v) is 2.14. The van der Waals surface area contributed by atoms with Gasteiger partial charge in [0.1, 0.15) is 5.58 Å². The number of carbonyl (C=O) groups excluding carboxylic acids is 2. The predicted octanol–water partition coefficient (Wildman–Crippen LogP) is 2.23. The van der Waals surface area contributed by atoms with Crippen LogP contribution in [0.3, 0.4) is 0 Å². The van der Waals surface area contributed by atoms with Crippen LogP contribution < -0.4 is 10.7 Å². The smallest absolute Gasteiger partial charge is 0.374 e. The molecule has 0 radical (unpaired) electrons. The summed E-state index contributed by atoms with van der Waals surface area (Å²) >= 11 is 0. The minimum absolute atomic E-state index is 0.177. The number of benzene rings is 1.